The Morgan fingerprint density at radius 3 is 1.64 bits per heavy atom. The van der Waals surface area contributed by atoms with E-state index >= 15 is 0 Å². The normalized spacial score (nSPS) is 10.8. The summed E-state index contributed by atoms with van der Waals surface area (Å²) in [7, 11) is 8.10. The summed E-state index contributed by atoms with van der Waals surface area (Å²) in [5, 5.41) is 10.6. The van der Waals surface area contributed by atoms with E-state index in [1.165, 1.54) is 0 Å². The molecule has 4 aromatic rings. The van der Waals surface area contributed by atoms with Gasteiger partial charge in [-0.05, 0) is 50.2 Å². The van der Waals surface area contributed by atoms with Crippen LogP contribution in [0.25, 0.3) is 33.9 Å². The number of imidazole rings is 1. The summed E-state index contributed by atoms with van der Waals surface area (Å²) in [6.07, 6.45) is 0. The van der Waals surface area contributed by atoms with Crippen molar-refractivity contribution in [3.05, 3.63) is 60.7 Å². The molecule has 1 heterocycles. The number of aromatic hydroxyl groups is 1. The second kappa shape index (κ2) is 10.6. The van der Waals surface area contributed by atoms with Gasteiger partial charge in [0.25, 0.3) is 0 Å². The summed E-state index contributed by atoms with van der Waals surface area (Å²) in [5.41, 5.74) is 6.80. The average Bonchev–Trinajstić information content (AvgIpc) is 3.32. The third kappa shape index (κ3) is 5.10. The fourth-order valence-electron chi connectivity index (χ4n) is 4.02. The van der Waals surface area contributed by atoms with Gasteiger partial charge in [0.2, 0.25) is 5.75 Å². The summed E-state index contributed by atoms with van der Waals surface area (Å²) >= 11 is 0. The monoisotopic (exact) mass is 486 g/mol. The lowest BCUT2D eigenvalue weighted by Crippen LogP contribution is -2.08. The fourth-order valence-corrected chi connectivity index (χ4v) is 4.02. The van der Waals surface area contributed by atoms with Crippen molar-refractivity contribution >= 4 is 11.4 Å². The Morgan fingerprint density at radius 1 is 0.722 bits per heavy atom. The number of H-pyrrole nitrogens is 1. The van der Waals surface area contributed by atoms with Gasteiger partial charge in [-0.15, -0.1) is 0 Å². The van der Waals surface area contributed by atoms with Crippen LogP contribution in [0, 0.1) is 0 Å². The van der Waals surface area contributed by atoms with Gasteiger partial charge in [0.1, 0.15) is 5.82 Å². The predicted molar refractivity (Wildman–Crippen MR) is 148 cm³/mol. The van der Waals surface area contributed by atoms with Gasteiger partial charge in [0.15, 0.2) is 11.5 Å². The zero-order chi connectivity index (χ0) is 25.8. The molecule has 7 heteroatoms. The summed E-state index contributed by atoms with van der Waals surface area (Å²) in [6, 6.07) is 20.3. The minimum atomic E-state index is -0.00648. The Balaban J connectivity index is 1.87. The number of benzene rings is 3. The quantitative estimate of drug-likeness (QED) is 0.300. The number of hydrogen-bond acceptors (Lipinski definition) is 6. The van der Waals surface area contributed by atoms with E-state index in [1.54, 1.807) is 12.1 Å². The lowest BCUT2D eigenvalue weighted by atomic mass is 10.0. The number of phenolic OH excluding ortho intramolecular Hbond substituents is 1. The highest BCUT2D eigenvalue weighted by Gasteiger charge is 2.19. The second-order valence-corrected chi connectivity index (χ2v) is 8.88. The van der Waals surface area contributed by atoms with E-state index in [-0.39, 0.29) is 5.75 Å². The Labute approximate surface area is 212 Å². The first-order valence-electron chi connectivity index (χ1n) is 12.1. The van der Waals surface area contributed by atoms with E-state index in [2.05, 4.69) is 63.3 Å². The minimum Gasteiger partial charge on any atom is -0.502 e. The maximum Gasteiger partial charge on any atom is 0.200 e. The number of nitrogens with zero attached hydrogens (tertiary/aromatic N) is 3. The highest BCUT2D eigenvalue weighted by Crippen LogP contribution is 2.42. The largest absolute Gasteiger partial charge is 0.502 e. The van der Waals surface area contributed by atoms with Crippen LogP contribution in [-0.2, 0) is 0 Å². The number of ether oxygens (including phenoxy) is 2. The van der Waals surface area contributed by atoms with E-state index in [9.17, 15) is 5.11 Å². The molecule has 0 bridgehead atoms. The van der Waals surface area contributed by atoms with E-state index in [0.29, 0.717) is 30.5 Å². The van der Waals surface area contributed by atoms with E-state index in [1.807, 2.05) is 42.0 Å². The highest BCUT2D eigenvalue weighted by molar-refractivity contribution is 5.83. The number of aromatic amines is 1. The van der Waals surface area contributed by atoms with Crippen LogP contribution in [0.5, 0.6) is 17.2 Å². The fraction of sp³-hybridized carbons (Fsp3) is 0.276. The smallest absolute Gasteiger partial charge is 0.200 e. The van der Waals surface area contributed by atoms with Crippen LogP contribution in [-0.4, -0.2) is 56.5 Å². The molecule has 0 unspecified atom stereocenters. The lowest BCUT2D eigenvalue weighted by Gasteiger charge is -2.13. The molecular weight excluding hydrogens is 452 g/mol. The molecule has 4 rings (SSSR count). The van der Waals surface area contributed by atoms with Gasteiger partial charge < -0.3 is 29.4 Å². The number of phenols is 1. The van der Waals surface area contributed by atoms with Crippen LogP contribution in [0.15, 0.2) is 60.7 Å². The third-order valence-corrected chi connectivity index (χ3v) is 5.95. The molecule has 0 amide bonds. The highest BCUT2D eigenvalue weighted by atomic mass is 16.5. The molecular formula is C29H34N4O3. The molecule has 0 saturated carbocycles. The molecule has 36 heavy (non-hydrogen) atoms. The number of hydrogen-bond donors (Lipinski definition) is 2. The first kappa shape index (κ1) is 25.0. The van der Waals surface area contributed by atoms with Crippen LogP contribution >= 0.6 is 0 Å². The third-order valence-electron chi connectivity index (χ3n) is 5.95. The van der Waals surface area contributed by atoms with Crippen LogP contribution in [0.2, 0.25) is 0 Å². The molecule has 0 atom stereocenters. The van der Waals surface area contributed by atoms with Crippen molar-refractivity contribution in [1.29, 1.82) is 0 Å². The van der Waals surface area contributed by atoms with Crippen molar-refractivity contribution < 1.29 is 14.6 Å². The topological polar surface area (TPSA) is 73.9 Å². The molecule has 1 aromatic heterocycles. The van der Waals surface area contributed by atoms with Crippen molar-refractivity contribution in [2.45, 2.75) is 13.8 Å². The van der Waals surface area contributed by atoms with Crippen molar-refractivity contribution in [3.8, 4) is 51.2 Å². The van der Waals surface area contributed by atoms with Crippen LogP contribution in [0.3, 0.4) is 0 Å². The number of anilines is 2. The van der Waals surface area contributed by atoms with Gasteiger partial charge in [-0.25, -0.2) is 4.98 Å². The van der Waals surface area contributed by atoms with Gasteiger partial charge >= 0.3 is 0 Å². The Kier molecular flexibility index (Phi) is 7.38. The molecule has 0 spiro atoms. The van der Waals surface area contributed by atoms with E-state index in [0.717, 1.165) is 39.5 Å². The maximum atomic E-state index is 10.6. The zero-order valence-electron chi connectivity index (χ0n) is 21.8. The van der Waals surface area contributed by atoms with Crippen LogP contribution in [0.4, 0.5) is 11.4 Å². The molecule has 2 N–H and O–H groups in total. The number of aromatic nitrogens is 2. The number of nitrogens with one attached hydrogen (secondary N) is 1. The molecule has 0 radical (unpaired) electrons. The molecule has 188 valence electrons. The Morgan fingerprint density at radius 2 is 1.19 bits per heavy atom. The second-order valence-electron chi connectivity index (χ2n) is 8.88. The van der Waals surface area contributed by atoms with Crippen molar-refractivity contribution in [2.75, 3.05) is 51.2 Å². The summed E-state index contributed by atoms with van der Waals surface area (Å²) in [4.78, 5) is 12.7. The zero-order valence-corrected chi connectivity index (χ0v) is 21.8. The summed E-state index contributed by atoms with van der Waals surface area (Å²) in [6.45, 7) is 4.61. The van der Waals surface area contributed by atoms with Crippen molar-refractivity contribution in [3.63, 3.8) is 0 Å². The Bertz CT molecular complexity index is 1210. The van der Waals surface area contributed by atoms with Gasteiger partial charge in [0.05, 0.1) is 24.6 Å². The first-order valence-corrected chi connectivity index (χ1v) is 12.1. The van der Waals surface area contributed by atoms with Gasteiger partial charge in [0, 0.05) is 56.3 Å². The first-order chi connectivity index (χ1) is 17.3. The van der Waals surface area contributed by atoms with Crippen molar-refractivity contribution in [2.24, 2.45) is 0 Å². The predicted octanol–water partition coefficient (Wildman–Crippen LogP) is 6.05. The summed E-state index contributed by atoms with van der Waals surface area (Å²) < 4.78 is 11.4. The molecule has 0 aliphatic heterocycles. The molecule has 0 saturated heterocycles. The van der Waals surface area contributed by atoms with Gasteiger partial charge in [-0.2, -0.15) is 0 Å². The molecule has 0 fully saturated rings. The number of rotatable bonds is 9. The van der Waals surface area contributed by atoms with Crippen molar-refractivity contribution in [1.82, 2.24) is 9.97 Å². The minimum absolute atomic E-state index is 0.00648. The molecule has 0 aliphatic rings. The summed E-state index contributed by atoms with van der Waals surface area (Å²) in [5.74, 6) is 1.38. The molecule has 0 aliphatic carbocycles. The molecule has 7 nitrogen and oxygen atoms in total. The maximum absolute atomic E-state index is 10.6. The van der Waals surface area contributed by atoms with Crippen LogP contribution < -0.4 is 19.3 Å². The van der Waals surface area contributed by atoms with Gasteiger partial charge in [-0.3, -0.25) is 0 Å². The SMILES string of the molecule is CCOc1cc(-c2nc(-c3ccc(N(C)C)cc3)c(-c3ccc(N(C)C)cc3)[nH]2)cc(OCC)c1O. The van der Waals surface area contributed by atoms with E-state index < -0.39 is 0 Å². The average molecular weight is 487 g/mol. The molecule has 3 aromatic carbocycles. The lowest BCUT2D eigenvalue weighted by molar-refractivity contribution is 0.290. The Hall–Kier alpha value is -4.13. The van der Waals surface area contributed by atoms with Gasteiger partial charge in [-0.1, -0.05) is 24.3 Å². The van der Waals surface area contributed by atoms with Crippen LogP contribution in [0.1, 0.15) is 13.8 Å². The van der Waals surface area contributed by atoms with E-state index in [4.69, 9.17) is 14.5 Å². The standard InChI is InChI=1S/C29H34N4O3/c1-7-35-24-17-21(18-25(28(24)34)36-8-2)29-30-26(19-9-13-22(14-10-19)32(3)4)27(31-29)20-11-15-23(16-12-20)33(5)6/h9-18,34H,7-8H2,1-6H3,(H,30,31).